The number of hydrogen-bond donors (Lipinski definition) is 1. The molecule has 0 aliphatic heterocycles. The van der Waals surface area contributed by atoms with Crippen LogP contribution in [-0.4, -0.2) is 27.1 Å². The van der Waals surface area contributed by atoms with Gasteiger partial charge in [0.2, 0.25) is 5.91 Å². The Kier molecular flexibility index (Phi) is 7.51. The van der Waals surface area contributed by atoms with E-state index in [1.807, 2.05) is 48.7 Å². The molecule has 0 spiro atoms. The van der Waals surface area contributed by atoms with E-state index in [1.165, 1.54) is 11.3 Å². The van der Waals surface area contributed by atoms with E-state index in [2.05, 4.69) is 9.69 Å². The van der Waals surface area contributed by atoms with E-state index in [9.17, 15) is 9.59 Å². The zero-order chi connectivity index (χ0) is 22.7. The second-order valence-electron chi connectivity index (χ2n) is 7.93. The molecule has 1 aliphatic rings. The molecule has 9 heteroatoms. The number of aryl methyl sites for hydroxylation is 1. The normalized spacial score (nSPS) is 15.0. The minimum Gasteiger partial charge on any atom is -0.351 e. The van der Waals surface area contributed by atoms with Crippen molar-refractivity contribution in [3.05, 3.63) is 72.8 Å². The van der Waals surface area contributed by atoms with Crippen LogP contribution in [0.3, 0.4) is 0 Å². The average molecular weight is 508 g/mol. The summed E-state index contributed by atoms with van der Waals surface area (Å²) in [5.41, 5.74) is 1.90. The smallest absolute Gasteiger partial charge is 0.276 e. The summed E-state index contributed by atoms with van der Waals surface area (Å²) in [5.74, 6) is -0.609. The number of benzene rings is 1. The molecule has 0 unspecified atom stereocenters. The van der Waals surface area contributed by atoms with Crippen molar-refractivity contribution in [2.45, 2.75) is 51.2 Å². The lowest BCUT2D eigenvalue weighted by Crippen LogP contribution is -2.46. The number of nitrogens with zero attached hydrogens (tertiary/aromatic N) is 2. The monoisotopic (exact) mass is 507 g/mol. The van der Waals surface area contributed by atoms with E-state index in [-0.39, 0.29) is 33.5 Å². The van der Waals surface area contributed by atoms with Crippen molar-refractivity contribution in [1.82, 2.24) is 14.6 Å². The molecule has 1 saturated carbocycles. The highest BCUT2D eigenvalue weighted by Crippen LogP contribution is 2.34. The van der Waals surface area contributed by atoms with E-state index < -0.39 is 11.9 Å². The zero-order valence-corrected chi connectivity index (χ0v) is 20.7. The van der Waals surface area contributed by atoms with Gasteiger partial charge in [-0.25, -0.2) is 0 Å². The number of amides is 2. The highest BCUT2D eigenvalue weighted by molar-refractivity contribution is 7.11. The van der Waals surface area contributed by atoms with Gasteiger partial charge in [0, 0.05) is 10.9 Å². The van der Waals surface area contributed by atoms with Crippen LogP contribution in [-0.2, 0) is 11.3 Å². The van der Waals surface area contributed by atoms with Crippen molar-refractivity contribution in [3.63, 3.8) is 0 Å². The highest BCUT2D eigenvalue weighted by atomic mass is 35.5. The maximum absolute atomic E-state index is 13.7. The lowest BCUT2D eigenvalue weighted by molar-refractivity contribution is -0.126. The van der Waals surface area contributed by atoms with Gasteiger partial charge in [-0.1, -0.05) is 71.9 Å². The SMILES string of the molecule is Cc1ccc([C@@H](C(=O)NC2CCCC2)N(Cc2cccs2)C(=O)c2nsc(Cl)c2Cl)cc1. The number of carbonyl (C=O) groups excluding carboxylic acids is 2. The Morgan fingerprint density at radius 1 is 1.19 bits per heavy atom. The molecule has 0 radical (unpaired) electrons. The summed E-state index contributed by atoms with van der Waals surface area (Å²) in [7, 11) is 0. The molecule has 0 bridgehead atoms. The Morgan fingerprint density at radius 2 is 1.91 bits per heavy atom. The molecule has 1 N–H and O–H groups in total. The van der Waals surface area contributed by atoms with Gasteiger partial charge in [0.05, 0.1) is 6.54 Å². The Balaban J connectivity index is 1.75. The molecule has 32 heavy (non-hydrogen) atoms. The first-order chi connectivity index (χ1) is 15.4. The van der Waals surface area contributed by atoms with Crippen LogP contribution in [0, 0.1) is 6.92 Å². The molecule has 168 valence electrons. The third kappa shape index (κ3) is 5.17. The van der Waals surface area contributed by atoms with E-state index in [0.29, 0.717) is 0 Å². The Hall–Kier alpha value is -1.93. The lowest BCUT2D eigenvalue weighted by Gasteiger charge is -2.31. The van der Waals surface area contributed by atoms with Gasteiger partial charge in [-0.15, -0.1) is 11.3 Å². The van der Waals surface area contributed by atoms with Gasteiger partial charge in [-0.3, -0.25) is 9.59 Å². The van der Waals surface area contributed by atoms with Gasteiger partial charge in [0.25, 0.3) is 5.91 Å². The fourth-order valence-electron chi connectivity index (χ4n) is 3.95. The number of carbonyl (C=O) groups is 2. The fraction of sp³-hybridized carbons (Fsp3) is 0.348. The van der Waals surface area contributed by atoms with Gasteiger partial charge in [0.1, 0.15) is 15.4 Å². The van der Waals surface area contributed by atoms with Gasteiger partial charge >= 0.3 is 0 Å². The van der Waals surface area contributed by atoms with Crippen LogP contribution in [0.2, 0.25) is 9.36 Å². The molecular formula is C23H23Cl2N3O2S2. The van der Waals surface area contributed by atoms with Crippen molar-refractivity contribution in [2.75, 3.05) is 0 Å². The van der Waals surface area contributed by atoms with Gasteiger partial charge in [0.15, 0.2) is 5.69 Å². The third-order valence-corrected chi connectivity index (χ3v) is 8.09. The second kappa shape index (κ2) is 10.3. The summed E-state index contributed by atoms with van der Waals surface area (Å²) in [4.78, 5) is 29.8. The predicted octanol–water partition coefficient (Wildman–Crippen LogP) is 6.26. The third-order valence-electron chi connectivity index (χ3n) is 5.62. The van der Waals surface area contributed by atoms with E-state index >= 15 is 0 Å². The number of hydrogen-bond acceptors (Lipinski definition) is 5. The molecule has 1 aromatic carbocycles. The van der Waals surface area contributed by atoms with Crippen LogP contribution in [0.5, 0.6) is 0 Å². The largest absolute Gasteiger partial charge is 0.351 e. The molecule has 2 heterocycles. The molecule has 0 saturated heterocycles. The molecule has 2 amide bonds. The van der Waals surface area contributed by atoms with Crippen LogP contribution in [0.4, 0.5) is 0 Å². The molecule has 1 fully saturated rings. The van der Waals surface area contributed by atoms with Crippen molar-refractivity contribution < 1.29 is 9.59 Å². The molecular weight excluding hydrogens is 485 g/mol. The van der Waals surface area contributed by atoms with E-state index in [0.717, 1.165) is 53.2 Å². The van der Waals surface area contributed by atoms with Crippen LogP contribution in [0.15, 0.2) is 41.8 Å². The second-order valence-corrected chi connectivity index (χ2v) is 10.7. The van der Waals surface area contributed by atoms with E-state index in [4.69, 9.17) is 23.2 Å². The van der Waals surface area contributed by atoms with Crippen LogP contribution >= 0.6 is 46.1 Å². The standard InChI is InChI=1S/C23H23Cl2N3O2S2/c1-14-8-10-15(11-9-14)20(22(29)26-16-5-2-3-6-16)28(13-17-7-4-12-31-17)23(30)19-18(24)21(25)32-27-19/h4,7-12,16,20H,2-3,5-6,13H2,1H3,(H,26,29)/t20-/m0/s1. The Labute approximate surface area is 205 Å². The first-order valence-electron chi connectivity index (χ1n) is 10.4. The van der Waals surface area contributed by atoms with Crippen molar-refractivity contribution in [3.8, 4) is 0 Å². The molecule has 1 aliphatic carbocycles. The summed E-state index contributed by atoms with van der Waals surface area (Å²) in [6, 6.07) is 10.9. The molecule has 5 nitrogen and oxygen atoms in total. The summed E-state index contributed by atoms with van der Waals surface area (Å²) in [5, 5.41) is 5.24. The maximum atomic E-state index is 13.7. The topological polar surface area (TPSA) is 62.3 Å². The molecule has 3 aromatic rings. The predicted molar refractivity (Wildman–Crippen MR) is 131 cm³/mol. The maximum Gasteiger partial charge on any atom is 0.276 e. The number of thiophene rings is 1. The first-order valence-corrected chi connectivity index (χ1v) is 12.9. The highest BCUT2D eigenvalue weighted by Gasteiger charge is 2.36. The van der Waals surface area contributed by atoms with E-state index in [1.54, 1.807) is 4.90 Å². The minimum absolute atomic E-state index is 0.0731. The van der Waals surface area contributed by atoms with Crippen LogP contribution in [0.1, 0.15) is 58.2 Å². The molecule has 4 rings (SSSR count). The Morgan fingerprint density at radius 3 is 2.50 bits per heavy atom. The summed E-state index contributed by atoms with van der Waals surface area (Å²) in [6.07, 6.45) is 4.12. The lowest BCUT2D eigenvalue weighted by atomic mass is 10.0. The van der Waals surface area contributed by atoms with Crippen LogP contribution < -0.4 is 5.32 Å². The van der Waals surface area contributed by atoms with Gasteiger partial charge in [-0.05, 0) is 48.3 Å². The first kappa shape index (κ1) is 23.2. The van der Waals surface area contributed by atoms with Crippen molar-refractivity contribution >= 4 is 57.9 Å². The Bertz CT molecular complexity index is 1080. The number of rotatable bonds is 7. The fourth-order valence-corrected chi connectivity index (χ4v) is 5.64. The quantitative estimate of drug-likeness (QED) is 0.410. The summed E-state index contributed by atoms with van der Waals surface area (Å²) < 4.78 is 4.43. The van der Waals surface area contributed by atoms with Gasteiger partial charge < -0.3 is 10.2 Å². The average Bonchev–Trinajstić information content (AvgIpc) is 3.53. The summed E-state index contributed by atoms with van der Waals surface area (Å²) in [6.45, 7) is 2.25. The summed E-state index contributed by atoms with van der Waals surface area (Å²) >= 11 is 14.9. The number of aromatic nitrogens is 1. The molecule has 2 aromatic heterocycles. The zero-order valence-electron chi connectivity index (χ0n) is 17.5. The van der Waals surface area contributed by atoms with Crippen LogP contribution in [0.25, 0.3) is 0 Å². The number of halogens is 2. The van der Waals surface area contributed by atoms with Crippen molar-refractivity contribution in [2.24, 2.45) is 0 Å². The molecule has 1 atom stereocenters. The number of nitrogens with one attached hydrogen (secondary N) is 1. The minimum atomic E-state index is -0.817. The van der Waals surface area contributed by atoms with Gasteiger partial charge in [-0.2, -0.15) is 4.37 Å². The van der Waals surface area contributed by atoms with Crippen molar-refractivity contribution in [1.29, 1.82) is 0 Å².